The summed E-state index contributed by atoms with van der Waals surface area (Å²) in [5, 5.41) is 5.74. The fraction of sp³-hybridized carbons (Fsp3) is 0.867. The van der Waals surface area contributed by atoms with Crippen molar-refractivity contribution in [2.75, 3.05) is 52.5 Å². The van der Waals surface area contributed by atoms with E-state index in [9.17, 15) is 9.59 Å². The second-order valence-electron chi connectivity index (χ2n) is 5.38. The van der Waals surface area contributed by atoms with Crippen LogP contribution in [0.15, 0.2) is 0 Å². The summed E-state index contributed by atoms with van der Waals surface area (Å²) in [5.41, 5.74) is 0. The highest BCUT2D eigenvalue weighted by Gasteiger charge is 2.26. The molecule has 1 atom stereocenters. The standard InChI is InChI=1S/C15H30N4O3/c1-4-16-15(21)19-10-8-18(9-11-19)13(3)14(20)17-7-6-12-22-5-2/h13H,4-12H2,1-3H3,(H,16,21)(H,17,20). The van der Waals surface area contributed by atoms with Gasteiger partial charge in [-0.3, -0.25) is 9.69 Å². The van der Waals surface area contributed by atoms with Gasteiger partial charge in [0, 0.05) is 52.5 Å². The smallest absolute Gasteiger partial charge is 0.317 e. The Kier molecular flexibility index (Phi) is 8.84. The van der Waals surface area contributed by atoms with Crippen molar-refractivity contribution in [2.45, 2.75) is 33.2 Å². The first-order chi connectivity index (χ1) is 10.6. The normalized spacial score (nSPS) is 17.1. The van der Waals surface area contributed by atoms with Crippen molar-refractivity contribution < 1.29 is 14.3 Å². The zero-order valence-corrected chi connectivity index (χ0v) is 14.1. The van der Waals surface area contributed by atoms with Crippen LogP contribution in [-0.2, 0) is 9.53 Å². The van der Waals surface area contributed by atoms with Gasteiger partial charge in [-0.25, -0.2) is 4.79 Å². The van der Waals surface area contributed by atoms with Gasteiger partial charge in [0.15, 0.2) is 0 Å². The first-order valence-electron chi connectivity index (χ1n) is 8.22. The molecule has 128 valence electrons. The van der Waals surface area contributed by atoms with Crippen LogP contribution >= 0.6 is 0 Å². The van der Waals surface area contributed by atoms with Crippen LogP contribution in [0.4, 0.5) is 4.79 Å². The number of nitrogens with one attached hydrogen (secondary N) is 2. The molecule has 0 aromatic carbocycles. The second kappa shape index (κ2) is 10.4. The van der Waals surface area contributed by atoms with Gasteiger partial charge in [-0.2, -0.15) is 0 Å². The summed E-state index contributed by atoms with van der Waals surface area (Å²) in [7, 11) is 0. The molecule has 1 aliphatic rings. The van der Waals surface area contributed by atoms with Crippen molar-refractivity contribution in [3.8, 4) is 0 Å². The lowest BCUT2D eigenvalue weighted by Crippen LogP contribution is -2.56. The number of carbonyl (C=O) groups is 2. The monoisotopic (exact) mass is 314 g/mol. The lowest BCUT2D eigenvalue weighted by molar-refractivity contribution is -0.126. The highest BCUT2D eigenvalue weighted by Crippen LogP contribution is 2.06. The molecule has 0 radical (unpaired) electrons. The number of nitrogens with zero attached hydrogens (tertiary/aromatic N) is 2. The van der Waals surface area contributed by atoms with Gasteiger partial charge in [0.25, 0.3) is 0 Å². The van der Waals surface area contributed by atoms with Crippen molar-refractivity contribution in [2.24, 2.45) is 0 Å². The highest BCUT2D eigenvalue weighted by atomic mass is 16.5. The van der Waals surface area contributed by atoms with E-state index in [2.05, 4.69) is 15.5 Å². The molecular weight excluding hydrogens is 284 g/mol. The topological polar surface area (TPSA) is 73.9 Å². The molecule has 2 N–H and O–H groups in total. The zero-order chi connectivity index (χ0) is 16.4. The summed E-state index contributed by atoms with van der Waals surface area (Å²) in [6.45, 7) is 11.2. The summed E-state index contributed by atoms with van der Waals surface area (Å²) in [4.78, 5) is 27.8. The molecule has 22 heavy (non-hydrogen) atoms. The Morgan fingerprint density at radius 2 is 1.82 bits per heavy atom. The number of hydrogen-bond acceptors (Lipinski definition) is 4. The number of piperazine rings is 1. The molecule has 1 aliphatic heterocycles. The third-order valence-corrected chi connectivity index (χ3v) is 3.83. The van der Waals surface area contributed by atoms with Crippen LogP contribution in [0.3, 0.4) is 0 Å². The summed E-state index contributed by atoms with van der Waals surface area (Å²) in [6, 6.07) is -0.182. The number of urea groups is 1. The fourth-order valence-corrected chi connectivity index (χ4v) is 2.42. The number of amides is 3. The second-order valence-corrected chi connectivity index (χ2v) is 5.38. The molecule has 1 fully saturated rings. The third kappa shape index (κ3) is 6.19. The molecule has 1 rings (SSSR count). The molecule has 1 saturated heterocycles. The van der Waals surface area contributed by atoms with E-state index < -0.39 is 0 Å². The summed E-state index contributed by atoms with van der Waals surface area (Å²) in [6.07, 6.45) is 0.831. The van der Waals surface area contributed by atoms with Crippen LogP contribution < -0.4 is 10.6 Å². The summed E-state index contributed by atoms with van der Waals surface area (Å²) >= 11 is 0. The van der Waals surface area contributed by atoms with Crippen molar-refractivity contribution in [3.05, 3.63) is 0 Å². The zero-order valence-electron chi connectivity index (χ0n) is 14.1. The molecule has 1 unspecified atom stereocenters. The van der Waals surface area contributed by atoms with Gasteiger partial charge in [0.05, 0.1) is 6.04 Å². The minimum Gasteiger partial charge on any atom is -0.382 e. The lowest BCUT2D eigenvalue weighted by Gasteiger charge is -2.37. The molecule has 7 nitrogen and oxygen atoms in total. The Morgan fingerprint density at radius 1 is 1.14 bits per heavy atom. The molecule has 1 heterocycles. The van der Waals surface area contributed by atoms with Crippen molar-refractivity contribution >= 4 is 11.9 Å². The number of rotatable bonds is 8. The maximum Gasteiger partial charge on any atom is 0.317 e. The van der Waals surface area contributed by atoms with E-state index in [0.717, 1.165) is 19.5 Å². The maximum absolute atomic E-state index is 12.1. The van der Waals surface area contributed by atoms with Crippen LogP contribution in [0.5, 0.6) is 0 Å². The molecule has 0 spiro atoms. The van der Waals surface area contributed by atoms with Crippen molar-refractivity contribution in [1.82, 2.24) is 20.4 Å². The fourth-order valence-electron chi connectivity index (χ4n) is 2.42. The van der Waals surface area contributed by atoms with E-state index in [1.807, 2.05) is 20.8 Å². The maximum atomic E-state index is 12.1. The van der Waals surface area contributed by atoms with E-state index in [4.69, 9.17) is 4.74 Å². The van der Waals surface area contributed by atoms with Gasteiger partial charge in [-0.05, 0) is 27.2 Å². The number of carbonyl (C=O) groups excluding carboxylic acids is 2. The van der Waals surface area contributed by atoms with Gasteiger partial charge < -0.3 is 20.3 Å². The Bertz CT molecular complexity index is 344. The Hall–Kier alpha value is -1.34. The van der Waals surface area contributed by atoms with Gasteiger partial charge in [-0.1, -0.05) is 0 Å². The van der Waals surface area contributed by atoms with E-state index in [0.29, 0.717) is 39.4 Å². The molecular formula is C15H30N4O3. The predicted molar refractivity (Wildman–Crippen MR) is 85.8 cm³/mol. The third-order valence-electron chi connectivity index (χ3n) is 3.83. The van der Waals surface area contributed by atoms with E-state index in [1.165, 1.54) is 0 Å². The van der Waals surface area contributed by atoms with E-state index >= 15 is 0 Å². The van der Waals surface area contributed by atoms with Crippen molar-refractivity contribution in [1.29, 1.82) is 0 Å². The SMILES string of the molecule is CCNC(=O)N1CCN(C(C)C(=O)NCCCOCC)CC1. The van der Waals surface area contributed by atoms with Crippen molar-refractivity contribution in [3.63, 3.8) is 0 Å². The average Bonchev–Trinajstić information content (AvgIpc) is 2.54. The number of hydrogen-bond donors (Lipinski definition) is 2. The van der Waals surface area contributed by atoms with Crippen LogP contribution in [-0.4, -0.2) is 80.3 Å². The summed E-state index contributed by atoms with van der Waals surface area (Å²) < 4.78 is 5.24. The molecule has 0 saturated carbocycles. The van der Waals surface area contributed by atoms with Crippen LogP contribution in [0.2, 0.25) is 0 Å². The quantitative estimate of drug-likeness (QED) is 0.631. The highest BCUT2D eigenvalue weighted by molar-refractivity contribution is 5.81. The minimum absolute atomic E-state index is 0.0184. The average molecular weight is 314 g/mol. The van der Waals surface area contributed by atoms with Gasteiger partial charge in [0.2, 0.25) is 5.91 Å². The first-order valence-corrected chi connectivity index (χ1v) is 8.22. The van der Waals surface area contributed by atoms with Gasteiger partial charge >= 0.3 is 6.03 Å². The molecule has 7 heteroatoms. The Morgan fingerprint density at radius 3 is 2.41 bits per heavy atom. The van der Waals surface area contributed by atoms with Gasteiger partial charge in [0.1, 0.15) is 0 Å². The Balaban J connectivity index is 2.25. The van der Waals surface area contributed by atoms with E-state index in [-0.39, 0.29) is 18.0 Å². The molecule has 0 bridgehead atoms. The lowest BCUT2D eigenvalue weighted by atomic mass is 10.2. The van der Waals surface area contributed by atoms with Crippen LogP contribution in [0.1, 0.15) is 27.2 Å². The van der Waals surface area contributed by atoms with Crippen LogP contribution in [0, 0.1) is 0 Å². The first kappa shape index (κ1) is 18.7. The minimum atomic E-state index is -0.163. The summed E-state index contributed by atoms with van der Waals surface area (Å²) in [5.74, 6) is 0.0444. The largest absolute Gasteiger partial charge is 0.382 e. The van der Waals surface area contributed by atoms with E-state index in [1.54, 1.807) is 4.90 Å². The molecule has 0 aromatic heterocycles. The number of ether oxygens (including phenoxy) is 1. The van der Waals surface area contributed by atoms with Gasteiger partial charge in [-0.15, -0.1) is 0 Å². The Labute approximate surface area is 133 Å². The molecule has 0 aliphatic carbocycles. The molecule has 0 aromatic rings. The predicted octanol–water partition coefficient (Wildman–Crippen LogP) is 0.265. The van der Waals surface area contributed by atoms with Crippen LogP contribution in [0.25, 0.3) is 0 Å². The molecule has 3 amide bonds.